The largest absolute Gasteiger partial charge is 0.357 e. The molecule has 1 saturated heterocycles. The first-order chi connectivity index (χ1) is 12.5. The highest BCUT2D eigenvalue weighted by Crippen LogP contribution is 2.17. The molecule has 0 aliphatic carbocycles. The van der Waals surface area contributed by atoms with Gasteiger partial charge in [0.25, 0.3) is 0 Å². The molecule has 27 heavy (non-hydrogen) atoms. The Labute approximate surface area is 182 Å². The number of anilines is 1. The van der Waals surface area contributed by atoms with E-state index in [1.807, 2.05) is 13.2 Å². The molecule has 0 radical (unpaired) electrons. The Bertz CT molecular complexity index is 544. The molecule has 1 aromatic heterocycles. The molecule has 1 aliphatic heterocycles. The summed E-state index contributed by atoms with van der Waals surface area (Å²) in [6.45, 7) is 13.8. The van der Waals surface area contributed by atoms with Gasteiger partial charge in [0, 0.05) is 58.1 Å². The second kappa shape index (κ2) is 12.4. The van der Waals surface area contributed by atoms with Gasteiger partial charge in [-0.2, -0.15) is 0 Å². The SMILES string of the molecule is CN=C(NCCN(C(C)C)C(C)C)NCc1ccc(N2CCCC2)nc1.I. The zero-order chi connectivity index (χ0) is 18.9. The van der Waals surface area contributed by atoms with E-state index in [1.54, 1.807) is 0 Å². The fourth-order valence-corrected chi connectivity index (χ4v) is 3.48. The minimum atomic E-state index is 0. The molecule has 2 heterocycles. The highest BCUT2D eigenvalue weighted by Gasteiger charge is 2.14. The van der Waals surface area contributed by atoms with Crippen LogP contribution in [0.15, 0.2) is 23.3 Å². The molecule has 6 nitrogen and oxygen atoms in total. The smallest absolute Gasteiger partial charge is 0.191 e. The Kier molecular flexibility index (Phi) is 11.0. The second-order valence-corrected chi connectivity index (χ2v) is 7.50. The van der Waals surface area contributed by atoms with Gasteiger partial charge in [-0.1, -0.05) is 6.07 Å². The summed E-state index contributed by atoms with van der Waals surface area (Å²) in [5.41, 5.74) is 1.17. The molecular weight excluding hydrogens is 451 g/mol. The maximum absolute atomic E-state index is 4.61. The summed E-state index contributed by atoms with van der Waals surface area (Å²) in [6.07, 6.45) is 4.52. The zero-order valence-corrected chi connectivity index (χ0v) is 19.9. The van der Waals surface area contributed by atoms with Crippen molar-refractivity contribution in [2.45, 2.75) is 59.2 Å². The van der Waals surface area contributed by atoms with Gasteiger partial charge in [0.05, 0.1) is 0 Å². The normalized spacial score (nSPS) is 14.8. The lowest BCUT2D eigenvalue weighted by Crippen LogP contribution is -2.45. The minimum Gasteiger partial charge on any atom is -0.357 e. The summed E-state index contributed by atoms with van der Waals surface area (Å²) in [4.78, 5) is 13.8. The molecule has 0 amide bonds. The quantitative estimate of drug-likeness (QED) is 0.335. The van der Waals surface area contributed by atoms with Crippen LogP contribution >= 0.6 is 24.0 Å². The number of rotatable bonds is 8. The van der Waals surface area contributed by atoms with E-state index in [0.717, 1.165) is 44.5 Å². The van der Waals surface area contributed by atoms with Crippen LogP contribution in [0.5, 0.6) is 0 Å². The van der Waals surface area contributed by atoms with E-state index >= 15 is 0 Å². The van der Waals surface area contributed by atoms with Gasteiger partial charge in [-0.25, -0.2) is 4.98 Å². The van der Waals surface area contributed by atoms with Gasteiger partial charge in [-0.15, -0.1) is 24.0 Å². The van der Waals surface area contributed by atoms with Gasteiger partial charge in [0.15, 0.2) is 5.96 Å². The maximum Gasteiger partial charge on any atom is 0.191 e. The van der Waals surface area contributed by atoms with E-state index in [2.05, 4.69) is 70.2 Å². The number of pyridine rings is 1. The average Bonchev–Trinajstić information content (AvgIpc) is 3.15. The predicted octanol–water partition coefficient (Wildman–Crippen LogP) is 3.08. The first kappa shape index (κ1) is 23.9. The van der Waals surface area contributed by atoms with E-state index in [4.69, 9.17) is 0 Å². The lowest BCUT2D eigenvalue weighted by Gasteiger charge is -2.30. The lowest BCUT2D eigenvalue weighted by molar-refractivity contribution is 0.178. The minimum absolute atomic E-state index is 0. The van der Waals surface area contributed by atoms with Crippen LogP contribution in [-0.2, 0) is 6.54 Å². The topological polar surface area (TPSA) is 55.8 Å². The molecule has 1 aromatic rings. The third-order valence-electron chi connectivity index (χ3n) is 4.91. The highest BCUT2D eigenvalue weighted by molar-refractivity contribution is 14.0. The maximum atomic E-state index is 4.61. The molecule has 2 N–H and O–H groups in total. The van der Waals surface area contributed by atoms with E-state index in [9.17, 15) is 0 Å². The highest BCUT2D eigenvalue weighted by atomic mass is 127. The Balaban J connectivity index is 0.00000364. The Hall–Kier alpha value is -1.09. The number of nitrogens with zero attached hydrogens (tertiary/aromatic N) is 4. The fourth-order valence-electron chi connectivity index (χ4n) is 3.48. The van der Waals surface area contributed by atoms with E-state index < -0.39 is 0 Å². The Morgan fingerprint density at radius 1 is 1.15 bits per heavy atom. The number of nitrogens with one attached hydrogen (secondary N) is 2. The number of aromatic nitrogens is 1. The van der Waals surface area contributed by atoms with E-state index in [1.165, 1.54) is 18.4 Å². The van der Waals surface area contributed by atoms with Crippen LogP contribution in [0.25, 0.3) is 0 Å². The first-order valence-electron chi connectivity index (χ1n) is 9.91. The Morgan fingerprint density at radius 3 is 2.33 bits per heavy atom. The number of guanidine groups is 1. The van der Waals surface area contributed by atoms with E-state index in [0.29, 0.717) is 12.1 Å². The summed E-state index contributed by atoms with van der Waals surface area (Å²) in [7, 11) is 1.81. The summed E-state index contributed by atoms with van der Waals surface area (Å²) in [5.74, 6) is 1.93. The van der Waals surface area contributed by atoms with Gasteiger partial charge < -0.3 is 15.5 Å². The number of hydrogen-bond donors (Lipinski definition) is 2. The lowest BCUT2D eigenvalue weighted by atomic mass is 10.2. The Morgan fingerprint density at radius 2 is 1.81 bits per heavy atom. The van der Waals surface area contributed by atoms with Gasteiger partial charge >= 0.3 is 0 Å². The third-order valence-corrected chi connectivity index (χ3v) is 4.91. The molecule has 0 aromatic carbocycles. The second-order valence-electron chi connectivity index (χ2n) is 7.50. The summed E-state index contributed by atoms with van der Waals surface area (Å²) in [5, 5.41) is 6.78. The fraction of sp³-hybridized carbons (Fsp3) is 0.700. The van der Waals surface area contributed by atoms with Crippen LogP contribution < -0.4 is 15.5 Å². The van der Waals surface area contributed by atoms with Crippen molar-refractivity contribution in [2.24, 2.45) is 4.99 Å². The van der Waals surface area contributed by atoms with Crippen molar-refractivity contribution < 1.29 is 0 Å². The van der Waals surface area contributed by atoms with Crippen molar-refractivity contribution >= 4 is 35.8 Å². The summed E-state index contributed by atoms with van der Waals surface area (Å²) < 4.78 is 0. The van der Waals surface area contributed by atoms with Crippen molar-refractivity contribution in [1.29, 1.82) is 0 Å². The monoisotopic (exact) mass is 488 g/mol. The van der Waals surface area contributed by atoms with Crippen LogP contribution in [0.4, 0.5) is 5.82 Å². The van der Waals surface area contributed by atoms with Gasteiger partial charge in [0.2, 0.25) is 0 Å². The van der Waals surface area contributed by atoms with Crippen LogP contribution in [0.2, 0.25) is 0 Å². The van der Waals surface area contributed by atoms with Crippen LogP contribution in [0, 0.1) is 0 Å². The van der Waals surface area contributed by atoms with Gasteiger partial charge in [-0.3, -0.25) is 9.89 Å². The molecule has 154 valence electrons. The van der Waals surface area contributed by atoms with Crippen molar-refractivity contribution in [3.05, 3.63) is 23.9 Å². The molecular formula is C20H37IN6. The predicted molar refractivity (Wildman–Crippen MR) is 126 cm³/mol. The molecule has 0 saturated carbocycles. The third kappa shape index (κ3) is 7.81. The van der Waals surface area contributed by atoms with Crippen LogP contribution in [-0.4, -0.2) is 61.2 Å². The molecule has 0 bridgehead atoms. The standard InChI is InChI=1S/C20H36N6.HI/c1-16(2)26(17(3)4)13-10-22-20(21-5)24-15-18-8-9-19(23-14-18)25-11-6-7-12-25;/h8-9,14,16-17H,6-7,10-13,15H2,1-5H3,(H2,21,22,24);1H. The number of halogens is 1. The molecule has 0 atom stereocenters. The summed E-state index contributed by atoms with van der Waals surface area (Å²) >= 11 is 0. The van der Waals surface area contributed by atoms with Crippen molar-refractivity contribution in [2.75, 3.05) is 38.1 Å². The van der Waals surface area contributed by atoms with Gasteiger partial charge in [-0.05, 0) is 52.2 Å². The van der Waals surface area contributed by atoms with Gasteiger partial charge in [0.1, 0.15) is 5.82 Å². The number of aliphatic imine (C=N–C) groups is 1. The van der Waals surface area contributed by atoms with Crippen LogP contribution in [0.3, 0.4) is 0 Å². The zero-order valence-electron chi connectivity index (χ0n) is 17.5. The van der Waals surface area contributed by atoms with Crippen LogP contribution in [0.1, 0.15) is 46.1 Å². The molecule has 0 unspecified atom stereocenters. The molecule has 2 rings (SSSR count). The van der Waals surface area contributed by atoms with Crippen molar-refractivity contribution in [3.63, 3.8) is 0 Å². The molecule has 0 spiro atoms. The van der Waals surface area contributed by atoms with Crippen molar-refractivity contribution in [3.8, 4) is 0 Å². The average molecular weight is 488 g/mol. The first-order valence-corrected chi connectivity index (χ1v) is 9.91. The number of hydrogen-bond acceptors (Lipinski definition) is 4. The summed E-state index contributed by atoms with van der Waals surface area (Å²) in [6, 6.07) is 5.38. The van der Waals surface area contributed by atoms with Crippen molar-refractivity contribution in [1.82, 2.24) is 20.5 Å². The molecule has 1 aliphatic rings. The molecule has 1 fully saturated rings. The van der Waals surface area contributed by atoms with E-state index in [-0.39, 0.29) is 24.0 Å². The molecule has 7 heteroatoms.